The van der Waals surface area contributed by atoms with Crippen molar-refractivity contribution in [3.63, 3.8) is 0 Å². The van der Waals surface area contributed by atoms with Crippen LogP contribution in [0.1, 0.15) is 18.5 Å². The van der Waals surface area contributed by atoms with Crippen molar-refractivity contribution in [2.75, 3.05) is 17.7 Å². The van der Waals surface area contributed by atoms with Crippen molar-refractivity contribution in [2.24, 2.45) is 0 Å². The average molecular weight is 410 g/mol. The van der Waals surface area contributed by atoms with Gasteiger partial charge in [-0.1, -0.05) is 54.6 Å². The number of aromatic nitrogens is 2. The molecule has 5 rings (SSSR count). The van der Waals surface area contributed by atoms with E-state index in [1.54, 1.807) is 7.11 Å². The van der Waals surface area contributed by atoms with Gasteiger partial charge >= 0.3 is 0 Å². The largest absolute Gasteiger partial charge is 0.495 e. The molecule has 154 valence electrons. The van der Waals surface area contributed by atoms with Crippen molar-refractivity contribution in [2.45, 2.75) is 13.0 Å². The fraction of sp³-hybridized carbons (Fsp3) is 0.120. The van der Waals surface area contributed by atoms with Gasteiger partial charge in [-0.2, -0.15) is 0 Å². The highest BCUT2D eigenvalue weighted by Crippen LogP contribution is 2.39. The summed E-state index contributed by atoms with van der Waals surface area (Å²) in [5, 5.41) is 6.37. The number of carbonyl (C=O) groups excluding carboxylic acids is 1. The van der Waals surface area contributed by atoms with E-state index in [4.69, 9.17) is 9.72 Å². The van der Waals surface area contributed by atoms with Crippen molar-refractivity contribution in [1.29, 1.82) is 0 Å². The lowest BCUT2D eigenvalue weighted by Gasteiger charge is -2.30. The molecule has 0 aliphatic carbocycles. The molecular formula is C25H22N4O2. The summed E-state index contributed by atoms with van der Waals surface area (Å²) in [6.45, 7) is 1.91. The molecule has 0 spiro atoms. The molecule has 0 saturated carbocycles. The third-order valence-corrected chi connectivity index (χ3v) is 5.55. The van der Waals surface area contributed by atoms with Gasteiger partial charge in [0.2, 0.25) is 5.95 Å². The van der Waals surface area contributed by atoms with Crippen LogP contribution in [0.4, 0.5) is 11.6 Å². The smallest absolute Gasteiger partial charge is 0.255 e. The molecule has 6 nitrogen and oxygen atoms in total. The van der Waals surface area contributed by atoms with Gasteiger partial charge in [-0.05, 0) is 36.8 Å². The summed E-state index contributed by atoms with van der Waals surface area (Å²) >= 11 is 0. The van der Waals surface area contributed by atoms with Crippen molar-refractivity contribution >= 4 is 28.6 Å². The maximum Gasteiger partial charge on any atom is 0.255 e. The number of carbonyl (C=O) groups is 1. The first-order valence-corrected chi connectivity index (χ1v) is 10.1. The molecular weight excluding hydrogens is 388 g/mol. The number of ether oxygens (including phenoxy) is 1. The Hall–Kier alpha value is -4.06. The van der Waals surface area contributed by atoms with Crippen LogP contribution in [0.2, 0.25) is 0 Å². The second-order valence-electron chi connectivity index (χ2n) is 7.43. The number of benzene rings is 3. The van der Waals surface area contributed by atoms with Crippen molar-refractivity contribution in [3.8, 4) is 5.75 Å². The Morgan fingerprint density at radius 1 is 1.00 bits per heavy atom. The van der Waals surface area contributed by atoms with E-state index in [9.17, 15) is 4.79 Å². The quantitative estimate of drug-likeness (QED) is 0.498. The monoisotopic (exact) mass is 410 g/mol. The lowest BCUT2D eigenvalue weighted by Crippen LogP contribution is -2.31. The van der Waals surface area contributed by atoms with Gasteiger partial charge in [-0.25, -0.2) is 4.98 Å². The van der Waals surface area contributed by atoms with Crippen LogP contribution >= 0.6 is 0 Å². The highest BCUT2D eigenvalue weighted by atomic mass is 16.5. The normalized spacial score (nSPS) is 15.4. The minimum atomic E-state index is -0.320. The van der Waals surface area contributed by atoms with Gasteiger partial charge in [0.05, 0.1) is 35.4 Å². The van der Waals surface area contributed by atoms with E-state index >= 15 is 0 Å². The van der Waals surface area contributed by atoms with Crippen LogP contribution in [-0.2, 0) is 4.79 Å². The Labute approximate surface area is 180 Å². The molecule has 0 bridgehead atoms. The number of allylic oxidation sites excluding steroid dienone is 1. The highest BCUT2D eigenvalue weighted by Gasteiger charge is 2.34. The minimum Gasteiger partial charge on any atom is -0.495 e. The fourth-order valence-corrected chi connectivity index (χ4v) is 4.15. The van der Waals surface area contributed by atoms with Crippen LogP contribution < -0.4 is 15.4 Å². The first-order chi connectivity index (χ1) is 15.2. The molecule has 6 heteroatoms. The molecule has 1 atom stereocenters. The number of nitrogens with one attached hydrogen (secondary N) is 2. The Bertz CT molecular complexity index is 1310. The topological polar surface area (TPSA) is 68.2 Å². The standard InChI is InChI=1S/C25H22N4O2/c1-16-22(24(30)27-19-13-7-9-15-21(19)31-2)23(17-10-4-3-5-11-17)29-20-14-8-6-12-18(20)28-25(29)26-16/h3-15,23H,1-2H3,(H,26,28)(H,27,30)/t23-/m1/s1. The number of imidazole rings is 1. The Balaban J connectivity index is 1.65. The van der Waals surface area contributed by atoms with Gasteiger partial charge in [0.15, 0.2) is 0 Å². The Morgan fingerprint density at radius 3 is 2.52 bits per heavy atom. The van der Waals surface area contributed by atoms with Crippen molar-refractivity contribution < 1.29 is 9.53 Å². The van der Waals surface area contributed by atoms with Crippen molar-refractivity contribution in [1.82, 2.24) is 9.55 Å². The molecule has 0 unspecified atom stereocenters. The molecule has 0 saturated heterocycles. The van der Waals surface area contributed by atoms with Gasteiger partial charge in [-0.3, -0.25) is 9.36 Å². The van der Waals surface area contributed by atoms with Crippen molar-refractivity contribution in [3.05, 3.63) is 95.7 Å². The van der Waals surface area contributed by atoms with Gasteiger partial charge in [0.1, 0.15) is 5.75 Å². The zero-order valence-electron chi connectivity index (χ0n) is 17.3. The van der Waals surface area contributed by atoms with Crippen LogP contribution in [0.3, 0.4) is 0 Å². The van der Waals surface area contributed by atoms with E-state index in [1.165, 1.54) is 0 Å². The summed E-state index contributed by atoms with van der Waals surface area (Å²) < 4.78 is 7.50. The molecule has 4 aromatic rings. The maximum absolute atomic E-state index is 13.6. The number of methoxy groups -OCH3 is 1. The minimum absolute atomic E-state index is 0.188. The summed E-state index contributed by atoms with van der Waals surface area (Å²) in [6, 6.07) is 25.1. The van der Waals surface area contributed by atoms with Crippen LogP contribution in [0.15, 0.2) is 90.1 Å². The molecule has 2 heterocycles. The number of nitrogens with zero attached hydrogens (tertiary/aromatic N) is 2. The van der Waals surface area contributed by atoms with Crippen LogP contribution in [0.25, 0.3) is 11.0 Å². The maximum atomic E-state index is 13.6. The number of hydrogen-bond donors (Lipinski definition) is 2. The van der Waals surface area contributed by atoms with Gasteiger partial charge in [0, 0.05) is 5.70 Å². The third kappa shape index (κ3) is 3.22. The van der Waals surface area contributed by atoms with Gasteiger partial charge in [-0.15, -0.1) is 0 Å². The zero-order valence-corrected chi connectivity index (χ0v) is 17.3. The number of amides is 1. The molecule has 31 heavy (non-hydrogen) atoms. The van der Waals surface area contributed by atoms with E-state index < -0.39 is 0 Å². The molecule has 0 radical (unpaired) electrons. The van der Waals surface area contributed by atoms with Crippen LogP contribution in [0, 0.1) is 0 Å². The number of para-hydroxylation sites is 4. The second-order valence-corrected chi connectivity index (χ2v) is 7.43. The number of fused-ring (bicyclic) bond motifs is 3. The summed E-state index contributed by atoms with van der Waals surface area (Å²) in [7, 11) is 1.59. The molecule has 1 aliphatic rings. The van der Waals surface area contributed by atoms with Gasteiger partial charge in [0.25, 0.3) is 5.91 Å². The number of rotatable bonds is 4. The first-order valence-electron chi connectivity index (χ1n) is 10.1. The summed E-state index contributed by atoms with van der Waals surface area (Å²) in [5.41, 5.74) is 4.89. The summed E-state index contributed by atoms with van der Waals surface area (Å²) in [6.07, 6.45) is 0. The molecule has 1 amide bonds. The zero-order chi connectivity index (χ0) is 21.4. The second kappa shape index (κ2) is 7.65. The molecule has 3 aromatic carbocycles. The van der Waals surface area contributed by atoms with E-state index in [-0.39, 0.29) is 11.9 Å². The predicted octanol–water partition coefficient (Wildman–Crippen LogP) is 4.97. The molecule has 0 fully saturated rings. The number of hydrogen-bond acceptors (Lipinski definition) is 4. The Kier molecular flexibility index (Phi) is 4.67. The van der Waals surface area contributed by atoms with E-state index in [2.05, 4.69) is 15.2 Å². The average Bonchev–Trinajstić information content (AvgIpc) is 3.16. The molecule has 1 aliphatic heterocycles. The predicted molar refractivity (Wildman–Crippen MR) is 122 cm³/mol. The SMILES string of the molecule is COc1ccccc1NC(=O)C1=C(C)Nc2nc3ccccc3n2[C@@H]1c1ccccc1. The molecule has 1 aromatic heterocycles. The van der Waals surface area contributed by atoms with E-state index in [0.717, 1.165) is 28.2 Å². The first kappa shape index (κ1) is 18.9. The molecule has 2 N–H and O–H groups in total. The lowest BCUT2D eigenvalue weighted by molar-refractivity contribution is -0.113. The fourth-order valence-electron chi connectivity index (χ4n) is 4.15. The highest BCUT2D eigenvalue weighted by molar-refractivity contribution is 6.07. The Morgan fingerprint density at radius 2 is 1.71 bits per heavy atom. The third-order valence-electron chi connectivity index (χ3n) is 5.55. The lowest BCUT2D eigenvalue weighted by atomic mass is 9.94. The van der Waals surface area contributed by atoms with E-state index in [1.807, 2.05) is 85.8 Å². The number of anilines is 2. The van der Waals surface area contributed by atoms with Crippen LogP contribution in [-0.4, -0.2) is 22.6 Å². The van der Waals surface area contributed by atoms with Crippen LogP contribution in [0.5, 0.6) is 5.75 Å². The van der Waals surface area contributed by atoms with E-state index in [0.29, 0.717) is 17.0 Å². The summed E-state index contributed by atoms with van der Waals surface area (Å²) in [4.78, 5) is 18.3. The summed E-state index contributed by atoms with van der Waals surface area (Å²) in [5.74, 6) is 1.15. The van der Waals surface area contributed by atoms with Gasteiger partial charge < -0.3 is 15.4 Å².